The summed E-state index contributed by atoms with van der Waals surface area (Å²) in [4.78, 5) is 30.1. The molecule has 0 spiro atoms. The fraction of sp³-hybridized carbons (Fsp3) is 0.545. The summed E-state index contributed by atoms with van der Waals surface area (Å²) in [6.45, 7) is 11.8. The van der Waals surface area contributed by atoms with E-state index in [1.807, 2.05) is 13.8 Å². The summed E-state index contributed by atoms with van der Waals surface area (Å²) in [5.41, 5.74) is 1.90. The fourth-order valence-corrected chi connectivity index (χ4v) is 3.78. The van der Waals surface area contributed by atoms with Crippen molar-refractivity contribution in [2.75, 3.05) is 44.2 Å². The smallest absolute Gasteiger partial charge is 0.256 e. The van der Waals surface area contributed by atoms with Crippen LogP contribution in [-0.2, 0) is 9.59 Å². The van der Waals surface area contributed by atoms with Gasteiger partial charge < -0.3 is 9.64 Å². The molecule has 1 saturated heterocycles. The van der Waals surface area contributed by atoms with Crippen LogP contribution in [0, 0.1) is 5.82 Å². The van der Waals surface area contributed by atoms with Gasteiger partial charge in [-0.3, -0.25) is 19.4 Å². The second kappa shape index (κ2) is 10.3. The highest BCUT2D eigenvalue weighted by Gasteiger charge is 2.32. The third-order valence-corrected chi connectivity index (χ3v) is 5.55. The quantitative estimate of drug-likeness (QED) is 0.610. The van der Waals surface area contributed by atoms with E-state index >= 15 is 0 Å². The van der Waals surface area contributed by atoms with E-state index in [4.69, 9.17) is 4.74 Å². The van der Waals surface area contributed by atoms with Crippen molar-refractivity contribution >= 4 is 29.9 Å². The molecule has 0 aliphatic carbocycles. The predicted octanol–water partition coefficient (Wildman–Crippen LogP) is 3.25. The Morgan fingerprint density at radius 1 is 1.00 bits per heavy atom. The molecular weight excluding hydrogens is 409 g/mol. The number of anilines is 1. The largest absolute Gasteiger partial charge is 0.489 e. The average Bonchev–Trinajstić information content (AvgIpc) is 2.87. The molecule has 2 amide bonds. The minimum absolute atomic E-state index is 0. The lowest BCUT2D eigenvalue weighted by Crippen LogP contribution is -2.47. The van der Waals surface area contributed by atoms with E-state index in [2.05, 4.69) is 9.80 Å². The Balaban J connectivity index is 0.00000320. The monoisotopic (exact) mass is 439 g/mol. The summed E-state index contributed by atoms with van der Waals surface area (Å²) < 4.78 is 19.6. The van der Waals surface area contributed by atoms with Gasteiger partial charge in [0.15, 0.2) is 0 Å². The maximum Gasteiger partial charge on any atom is 0.256 e. The Kier molecular flexibility index (Phi) is 8.26. The highest BCUT2D eigenvalue weighted by atomic mass is 35.5. The van der Waals surface area contributed by atoms with Crippen LogP contribution >= 0.6 is 12.4 Å². The Labute approximate surface area is 184 Å². The van der Waals surface area contributed by atoms with Crippen molar-refractivity contribution in [1.82, 2.24) is 9.80 Å². The van der Waals surface area contributed by atoms with Crippen molar-refractivity contribution in [2.45, 2.75) is 40.2 Å². The van der Waals surface area contributed by atoms with E-state index in [0.717, 1.165) is 44.8 Å². The van der Waals surface area contributed by atoms with Crippen LogP contribution < -0.4 is 9.64 Å². The van der Waals surface area contributed by atoms with Gasteiger partial charge in [-0.2, -0.15) is 0 Å². The van der Waals surface area contributed by atoms with Crippen LogP contribution in [0.1, 0.15) is 34.1 Å². The van der Waals surface area contributed by atoms with Crippen molar-refractivity contribution in [3.05, 3.63) is 35.2 Å². The lowest BCUT2D eigenvalue weighted by Gasteiger charge is -2.37. The molecule has 0 atom stereocenters. The Bertz CT molecular complexity index is 796. The second-order valence-corrected chi connectivity index (χ2v) is 7.97. The van der Waals surface area contributed by atoms with E-state index in [9.17, 15) is 14.0 Å². The van der Waals surface area contributed by atoms with Gasteiger partial charge in [0.2, 0.25) is 0 Å². The third-order valence-electron chi connectivity index (χ3n) is 5.55. The predicted molar refractivity (Wildman–Crippen MR) is 118 cm³/mol. The van der Waals surface area contributed by atoms with Crippen LogP contribution in [0.25, 0.3) is 0 Å². The van der Waals surface area contributed by atoms with Crippen molar-refractivity contribution in [3.63, 3.8) is 0 Å². The lowest BCUT2D eigenvalue weighted by molar-refractivity contribution is -0.137. The maximum absolute atomic E-state index is 13.8. The van der Waals surface area contributed by atoms with Crippen LogP contribution in [-0.4, -0.2) is 67.0 Å². The van der Waals surface area contributed by atoms with Crippen LogP contribution in [0.5, 0.6) is 5.75 Å². The van der Waals surface area contributed by atoms with Gasteiger partial charge in [-0.25, -0.2) is 4.39 Å². The Morgan fingerprint density at radius 2 is 1.60 bits per heavy atom. The highest BCUT2D eigenvalue weighted by Crippen LogP contribution is 2.31. The summed E-state index contributed by atoms with van der Waals surface area (Å²) in [6, 6.07) is 4.66. The maximum atomic E-state index is 13.8. The molecule has 2 aliphatic rings. The van der Waals surface area contributed by atoms with Gasteiger partial charge in [0.05, 0.1) is 11.8 Å². The molecule has 0 radical (unpaired) electrons. The number of ether oxygens (including phenoxy) is 1. The average molecular weight is 440 g/mol. The molecule has 1 aromatic rings. The first-order valence-corrected chi connectivity index (χ1v) is 10.2. The van der Waals surface area contributed by atoms with Crippen LogP contribution in [0.15, 0.2) is 29.3 Å². The molecule has 0 saturated carbocycles. The molecule has 0 unspecified atom stereocenters. The van der Waals surface area contributed by atoms with Crippen molar-refractivity contribution in [2.24, 2.45) is 0 Å². The molecule has 8 heteroatoms. The van der Waals surface area contributed by atoms with Gasteiger partial charge in [-0.05, 0) is 52.8 Å². The summed E-state index contributed by atoms with van der Waals surface area (Å²) in [7, 11) is 0. The summed E-state index contributed by atoms with van der Waals surface area (Å²) in [6.07, 6.45) is 0.776. The minimum atomic E-state index is -0.266. The van der Waals surface area contributed by atoms with E-state index in [1.165, 1.54) is 17.0 Å². The molecule has 2 aliphatic heterocycles. The van der Waals surface area contributed by atoms with E-state index in [1.54, 1.807) is 19.9 Å². The van der Waals surface area contributed by atoms with Gasteiger partial charge in [0.25, 0.3) is 11.8 Å². The molecule has 1 aromatic carbocycles. The van der Waals surface area contributed by atoms with Gasteiger partial charge in [0.1, 0.15) is 11.6 Å². The zero-order chi connectivity index (χ0) is 21.1. The molecular formula is C22H31ClFN3O3. The number of carbonyl (C=O) groups excluding carboxylic acids is 2. The molecule has 1 fully saturated rings. The van der Waals surface area contributed by atoms with Gasteiger partial charge in [-0.1, -0.05) is 0 Å². The van der Waals surface area contributed by atoms with E-state index < -0.39 is 0 Å². The molecule has 6 nitrogen and oxygen atoms in total. The van der Waals surface area contributed by atoms with Gasteiger partial charge >= 0.3 is 0 Å². The number of amides is 2. The topological polar surface area (TPSA) is 53.1 Å². The number of nitrogens with zero attached hydrogens (tertiary/aromatic N) is 3. The first-order chi connectivity index (χ1) is 13.8. The standard InChI is InChI=1S/C22H30FN3O3.ClH/c1-15(2)29-20-7-6-18(23)14-19(20)25-12-10-24(11-13-25)8-5-9-26-21(27)16(3)17(4)22(26)28;/h6-7,14-15H,5,8-13H2,1-4H3;1H. The summed E-state index contributed by atoms with van der Waals surface area (Å²) >= 11 is 0. The zero-order valence-corrected chi connectivity index (χ0v) is 18.9. The Morgan fingerprint density at radius 3 is 2.17 bits per heavy atom. The zero-order valence-electron chi connectivity index (χ0n) is 18.1. The molecule has 0 bridgehead atoms. The van der Waals surface area contributed by atoms with Crippen molar-refractivity contribution < 1.29 is 18.7 Å². The SMILES string of the molecule is CC1=C(C)C(=O)N(CCCN2CCN(c3cc(F)ccc3OC(C)C)CC2)C1=O.Cl. The lowest BCUT2D eigenvalue weighted by atomic mass is 10.2. The first-order valence-electron chi connectivity index (χ1n) is 10.2. The van der Waals surface area contributed by atoms with Crippen molar-refractivity contribution in [1.29, 1.82) is 0 Å². The van der Waals surface area contributed by atoms with Crippen LogP contribution in [0.2, 0.25) is 0 Å². The normalized spacial score (nSPS) is 17.8. The minimum Gasteiger partial charge on any atom is -0.489 e. The second-order valence-electron chi connectivity index (χ2n) is 7.97. The molecule has 0 aromatic heterocycles. The summed E-state index contributed by atoms with van der Waals surface area (Å²) in [5, 5.41) is 0. The number of hydrogen-bond acceptors (Lipinski definition) is 5. The van der Waals surface area contributed by atoms with Crippen molar-refractivity contribution in [3.8, 4) is 5.75 Å². The number of rotatable bonds is 7. The van der Waals surface area contributed by atoms with E-state index in [-0.39, 0.29) is 36.1 Å². The number of piperazine rings is 1. The first kappa shape index (κ1) is 24.2. The summed E-state index contributed by atoms with van der Waals surface area (Å²) in [5.74, 6) is 0.110. The van der Waals surface area contributed by atoms with E-state index in [0.29, 0.717) is 23.4 Å². The number of hydrogen-bond donors (Lipinski definition) is 0. The van der Waals surface area contributed by atoms with Gasteiger partial charge in [0, 0.05) is 49.9 Å². The molecule has 3 rings (SSSR count). The van der Waals surface area contributed by atoms with Crippen LogP contribution in [0.3, 0.4) is 0 Å². The number of benzene rings is 1. The fourth-order valence-electron chi connectivity index (χ4n) is 3.78. The Hall–Kier alpha value is -2.12. The molecule has 2 heterocycles. The molecule has 0 N–H and O–H groups in total. The molecule has 30 heavy (non-hydrogen) atoms. The number of carbonyl (C=O) groups is 2. The van der Waals surface area contributed by atoms with Gasteiger partial charge in [-0.15, -0.1) is 12.4 Å². The van der Waals surface area contributed by atoms with Crippen LogP contribution in [0.4, 0.5) is 10.1 Å². The number of imide groups is 1. The highest BCUT2D eigenvalue weighted by molar-refractivity contribution is 6.18. The number of halogens is 2. The molecule has 166 valence electrons. The third kappa shape index (κ3) is 5.32.